The molecular weight excluding hydrogens is 451 g/mol. The number of rotatable bonds is 5. The van der Waals surface area contributed by atoms with Crippen LogP contribution in [0.15, 0.2) is 64.8 Å². The molecule has 6 heteroatoms. The summed E-state index contributed by atoms with van der Waals surface area (Å²) in [6.07, 6.45) is 7.33. The molecule has 0 bridgehead atoms. The number of nitrogens with zero attached hydrogens (tertiary/aromatic N) is 3. The summed E-state index contributed by atoms with van der Waals surface area (Å²) < 4.78 is 5.53. The average molecular weight is 488 g/mol. The lowest BCUT2D eigenvalue weighted by atomic mass is 10.0. The van der Waals surface area contributed by atoms with Crippen molar-refractivity contribution in [3.05, 3.63) is 60.3 Å². The molecular formula is C29H36N4OP+. The highest BCUT2D eigenvalue weighted by Gasteiger charge is 2.72. The van der Waals surface area contributed by atoms with Crippen molar-refractivity contribution in [2.45, 2.75) is 63.5 Å². The Bertz CT molecular complexity index is 1270. The zero-order valence-electron chi connectivity index (χ0n) is 21.5. The van der Waals surface area contributed by atoms with Gasteiger partial charge in [-0.3, -0.25) is 10.0 Å². The van der Waals surface area contributed by atoms with Gasteiger partial charge in [0.2, 0.25) is 0 Å². The Labute approximate surface area is 209 Å². The number of hydrogen-bond acceptors (Lipinski definition) is 5. The minimum atomic E-state index is -1.56. The molecule has 6 rings (SSSR count). The van der Waals surface area contributed by atoms with Crippen molar-refractivity contribution in [1.29, 1.82) is 0 Å². The fourth-order valence-corrected chi connectivity index (χ4v) is 11.6. The van der Waals surface area contributed by atoms with Crippen LogP contribution in [0.2, 0.25) is 0 Å². The minimum absolute atomic E-state index is 0.0185. The van der Waals surface area contributed by atoms with Crippen LogP contribution < -0.4 is 15.9 Å². The molecule has 3 heterocycles. The lowest BCUT2D eigenvalue weighted by Gasteiger charge is -2.31. The normalized spacial score (nSPS) is 32.7. The van der Waals surface area contributed by atoms with Gasteiger partial charge >= 0.3 is 0 Å². The van der Waals surface area contributed by atoms with Gasteiger partial charge in [0.25, 0.3) is 0 Å². The summed E-state index contributed by atoms with van der Waals surface area (Å²) >= 11 is 0. The van der Waals surface area contributed by atoms with Gasteiger partial charge in [0.1, 0.15) is 22.0 Å². The van der Waals surface area contributed by atoms with Gasteiger partial charge in [0.15, 0.2) is 0 Å². The zero-order chi connectivity index (χ0) is 24.4. The van der Waals surface area contributed by atoms with Crippen molar-refractivity contribution in [1.82, 2.24) is 10.3 Å². The predicted molar refractivity (Wildman–Crippen MR) is 149 cm³/mol. The zero-order valence-corrected chi connectivity index (χ0v) is 22.3. The van der Waals surface area contributed by atoms with E-state index in [9.17, 15) is 0 Å². The van der Waals surface area contributed by atoms with Gasteiger partial charge < -0.3 is 10.1 Å². The SMILES string of the molecule is COC(C)N1N=C(C)CC1C/C=C\N=C1CNC2C[C@]2(C)[P+]2(C)c3ccccc3-c3cccc1c32. The molecule has 4 unspecified atom stereocenters. The molecule has 0 spiro atoms. The lowest BCUT2D eigenvalue weighted by molar-refractivity contribution is -0.0334. The summed E-state index contributed by atoms with van der Waals surface area (Å²) in [7, 11) is 0.184. The topological polar surface area (TPSA) is 49.2 Å². The molecule has 2 aromatic rings. The molecule has 1 N–H and O–H groups in total. The fraction of sp³-hybridized carbons (Fsp3) is 0.448. The Morgan fingerprint density at radius 2 is 2.00 bits per heavy atom. The Balaban J connectivity index is 1.34. The Kier molecular flexibility index (Phi) is 5.52. The van der Waals surface area contributed by atoms with E-state index in [1.165, 1.54) is 23.1 Å². The number of fused-ring (bicyclic) bond motifs is 5. The molecule has 1 saturated carbocycles. The Morgan fingerprint density at radius 1 is 1.23 bits per heavy atom. The predicted octanol–water partition coefficient (Wildman–Crippen LogP) is 4.53. The van der Waals surface area contributed by atoms with E-state index in [0.717, 1.165) is 30.8 Å². The van der Waals surface area contributed by atoms with Gasteiger partial charge in [-0.05, 0) is 39.3 Å². The fourth-order valence-electron chi connectivity index (χ4n) is 6.58. The Morgan fingerprint density at radius 3 is 2.83 bits per heavy atom. The third-order valence-corrected chi connectivity index (χ3v) is 14.1. The third-order valence-electron chi connectivity index (χ3n) is 8.86. The molecule has 5 nitrogen and oxygen atoms in total. The van der Waals surface area contributed by atoms with Crippen LogP contribution in [-0.4, -0.2) is 60.2 Å². The van der Waals surface area contributed by atoms with Crippen molar-refractivity contribution in [2.75, 3.05) is 20.3 Å². The first kappa shape index (κ1) is 23.1. The number of nitrogens with one attached hydrogen (secondary N) is 1. The minimum Gasteiger partial charge on any atom is -0.360 e. The van der Waals surface area contributed by atoms with Crippen LogP contribution in [0.5, 0.6) is 0 Å². The van der Waals surface area contributed by atoms with Crippen LogP contribution >= 0.6 is 7.26 Å². The molecule has 0 saturated heterocycles. The maximum Gasteiger partial charge on any atom is 0.142 e. The number of hydrazone groups is 1. The highest BCUT2D eigenvalue weighted by molar-refractivity contribution is 7.91. The van der Waals surface area contributed by atoms with Crippen molar-refractivity contribution < 1.29 is 4.74 Å². The summed E-state index contributed by atoms with van der Waals surface area (Å²) in [5, 5.41) is 14.1. The second-order valence-electron chi connectivity index (χ2n) is 10.8. The molecule has 0 aromatic heterocycles. The van der Waals surface area contributed by atoms with Crippen LogP contribution in [0.25, 0.3) is 11.1 Å². The second-order valence-corrected chi connectivity index (χ2v) is 14.8. The largest absolute Gasteiger partial charge is 0.360 e. The highest BCUT2D eigenvalue weighted by Crippen LogP contribution is 2.77. The van der Waals surface area contributed by atoms with Crippen LogP contribution in [0.3, 0.4) is 0 Å². The quantitative estimate of drug-likeness (QED) is 0.631. The first-order valence-electron chi connectivity index (χ1n) is 12.8. The molecule has 5 atom stereocenters. The number of aliphatic imine (C=N–C) groups is 1. The second kappa shape index (κ2) is 8.37. The summed E-state index contributed by atoms with van der Waals surface area (Å²) in [5.74, 6) is 0. The van der Waals surface area contributed by atoms with E-state index in [1.54, 1.807) is 17.7 Å². The maximum absolute atomic E-state index is 5.53. The molecule has 1 aliphatic carbocycles. The van der Waals surface area contributed by atoms with Gasteiger partial charge in [-0.1, -0.05) is 36.4 Å². The van der Waals surface area contributed by atoms with Crippen LogP contribution in [0.1, 0.15) is 45.6 Å². The molecule has 4 aliphatic rings. The van der Waals surface area contributed by atoms with Crippen molar-refractivity contribution in [3.8, 4) is 11.1 Å². The van der Waals surface area contributed by atoms with Gasteiger partial charge in [0, 0.05) is 55.1 Å². The van der Waals surface area contributed by atoms with Crippen LogP contribution in [-0.2, 0) is 4.74 Å². The third kappa shape index (κ3) is 3.39. The monoisotopic (exact) mass is 487 g/mol. The van der Waals surface area contributed by atoms with E-state index in [-0.39, 0.29) is 6.23 Å². The molecule has 35 heavy (non-hydrogen) atoms. The van der Waals surface area contributed by atoms with E-state index < -0.39 is 7.26 Å². The highest BCUT2D eigenvalue weighted by atomic mass is 31.2. The molecule has 3 aliphatic heterocycles. The summed E-state index contributed by atoms with van der Waals surface area (Å²) in [4.78, 5) is 5.07. The smallest absolute Gasteiger partial charge is 0.142 e. The van der Waals surface area contributed by atoms with E-state index in [2.05, 4.69) is 91.4 Å². The molecule has 1 fully saturated rings. The lowest BCUT2D eigenvalue weighted by Crippen LogP contribution is -2.41. The number of ether oxygens (including phenoxy) is 1. The molecule has 182 valence electrons. The number of hydrogen-bond donors (Lipinski definition) is 1. The van der Waals surface area contributed by atoms with Gasteiger partial charge in [-0.2, -0.15) is 5.10 Å². The first-order chi connectivity index (χ1) is 16.9. The van der Waals surface area contributed by atoms with Crippen molar-refractivity contribution in [2.24, 2.45) is 10.1 Å². The molecule has 0 amide bonds. The number of methoxy groups -OCH3 is 1. The van der Waals surface area contributed by atoms with E-state index >= 15 is 0 Å². The standard InChI is InChI=1S/C29H36N4OP/c1-19-16-21(33(32-19)20(2)34-4)10-9-15-30-25-18-31-27-17-29(27,3)35(5)26-14-7-6-11-22(26)23-12-8-13-24(25)28(23)35/h6-9,11-15,20-21,27,31H,10,16-18H2,1-5H3/q+1/b15-9-,30-25?/t20?,21?,27?,29-,35?/m0/s1. The van der Waals surface area contributed by atoms with Crippen LogP contribution in [0, 0.1) is 0 Å². The average Bonchev–Trinajstić information content (AvgIpc) is 3.26. The summed E-state index contributed by atoms with van der Waals surface area (Å²) in [6.45, 7) is 10.1. The summed E-state index contributed by atoms with van der Waals surface area (Å²) in [6, 6.07) is 16.9. The summed E-state index contributed by atoms with van der Waals surface area (Å²) in [5.41, 5.74) is 6.54. The van der Waals surface area contributed by atoms with Crippen molar-refractivity contribution in [3.63, 3.8) is 0 Å². The van der Waals surface area contributed by atoms with Crippen molar-refractivity contribution >= 4 is 29.3 Å². The first-order valence-corrected chi connectivity index (χ1v) is 15.0. The van der Waals surface area contributed by atoms with E-state index in [4.69, 9.17) is 9.73 Å². The van der Waals surface area contributed by atoms with Crippen LogP contribution in [0.4, 0.5) is 0 Å². The van der Waals surface area contributed by atoms with E-state index in [0.29, 0.717) is 17.2 Å². The maximum atomic E-state index is 5.53. The molecule has 2 aromatic carbocycles. The number of benzene rings is 2. The van der Waals surface area contributed by atoms with Gasteiger partial charge in [0.05, 0.1) is 31.7 Å². The molecule has 0 radical (unpaired) electrons. The van der Waals surface area contributed by atoms with Gasteiger partial charge in [-0.25, -0.2) is 0 Å². The van der Waals surface area contributed by atoms with E-state index in [1.807, 2.05) is 6.20 Å². The van der Waals surface area contributed by atoms with Gasteiger partial charge in [-0.15, -0.1) is 0 Å². The Hall–Kier alpha value is -2.33.